The standard InChI is InChI=1S/C16H23NO/c1-12-2-4-13(5-3-12)11-18-16-7-6-14-9-17-10-15(14)8-16/h6-8,12-13,17H,2-5,9-11H2,1H3. The Morgan fingerprint density at radius 3 is 2.72 bits per heavy atom. The highest BCUT2D eigenvalue weighted by Gasteiger charge is 2.19. The van der Waals surface area contributed by atoms with E-state index >= 15 is 0 Å². The minimum atomic E-state index is 0.771. The van der Waals surface area contributed by atoms with Crippen molar-refractivity contribution in [2.45, 2.75) is 45.7 Å². The average Bonchev–Trinajstić information content (AvgIpc) is 2.85. The van der Waals surface area contributed by atoms with Crippen LogP contribution in [-0.4, -0.2) is 6.61 Å². The molecule has 1 aliphatic carbocycles. The fourth-order valence-electron chi connectivity index (χ4n) is 3.07. The molecular weight excluding hydrogens is 222 g/mol. The molecule has 3 rings (SSSR count). The van der Waals surface area contributed by atoms with Gasteiger partial charge in [-0.15, -0.1) is 0 Å². The van der Waals surface area contributed by atoms with Crippen molar-refractivity contribution in [3.05, 3.63) is 29.3 Å². The summed E-state index contributed by atoms with van der Waals surface area (Å²) >= 11 is 0. The molecule has 0 atom stereocenters. The van der Waals surface area contributed by atoms with Gasteiger partial charge in [0.05, 0.1) is 6.61 Å². The van der Waals surface area contributed by atoms with Crippen LogP contribution < -0.4 is 10.1 Å². The number of benzene rings is 1. The predicted molar refractivity (Wildman–Crippen MR) is 73.6 cm³/mol. The van der Waals surface area contributed by atoms with Crippen LogP contribution >= 0.6 is 0 Å². The van der Waals surface area contributed by atoms with Gasteiger partial charge in [-0.1, -0.05) is 25.8 Å². The van der Waals surface area contributed by atoms with E-state index in [2.05, 4.69) is 30.4 Å². The van der Waals surface area contributed by atoms with Crippen molar-refractivity contribution in [2.24, 2.45) is 11.8 Å². The van der Waals surface area contributed by atoms with Crippen molar-refractivity contribution < 1.29 is 4.74 Å². The van der Waals surface area contributed by atoms with Gasteiger partial charge in [0.15, 0.2) is 0 Å². The van der Waals surface area contributed by atoms with Gasteiger partial charge in [-0.3, -0.25) is 0 Å². The van der Waals surface area contributed by atoms with Crippen LogP contribution in [0.2, 0.25) is 0 Å². The smallest absolute Gasteiger partial charge is 0.119 e. The maximum absolute atomic E-state index is 5.98. The molecule has 0 unspecified atom stereocenters. The lowest BCUT2D eigenvalue weighted by Gasteiger charge is -2.26. The highest BCUT2D eigenvalue weighted by Crippen LogP contribution is 2.29. The largest absolute Gasteiger partial charge is 0.493 e. The van der Waals surface area contributed by atoms with Gasteiger partial charge in [-0.2, -0.15) is 0 Å². The molecule has 98 valence electrons. The van der Waals surface area contributed by atoms with E-state index in [9.17, 15) is 0 Å². The lowest BCUT2D eigenvalue weighted by Crippen LogP contribution is -2.18. The molecule has 0 spiro atoms. The normalized spacial score (nSPS) is 26.9. The Bertz CT molecular complexity index is 408. The van der Waals surface area contributed by atoms with E-state index in [1.165, 1.54) is 36.8 Å². The highest BCUT2D eigenvalue weighted by atomic mass is 16.5. The molecule has 0 saturated heterocycles. The molecule has 1 heterocycles. The second-order valence-corrected chi connectivity index (χ2v) is 5.97. The van der Waals surface area contributed by atoms with E-state index in [-0.39, 0.29) is 0 Å². The number of ether oxygens (including phenoxy) is 1. The quantitative estimate of drug-likeness (QED) is 0.880. The SMILES string of the molecule is CC1CCC(COc2ccc3c(c2)CNC3)CC1. The molecule has 1 N–H and O–H groups in total. The zero-order valence-corrected chi connectivity index (χ0v) is 11.2. The Balaban J connectivity index is 1.54. The van der Waals surface area contributed by atoms with Crippen molar-refractivity contribution in [3.63, 3.8) is 0 Å². The first-order chi connectivity index (χ1) is 8.81. The molecular formula is C16H23NO. The Morgan fingerprint density at radius 1 is 1.11 bits per heavy atom. The lowest BCUT2D eigenvalue weighted by atomic mass is 9.83. The molecule has 0 amide bonds. The molecule has 2 heteroatoms. The summed E-state index contributed by atoms with van der Waals surface area (Å²) in [6, 6.07) is 6.53. The molecule has 1 aromatic carbocycles. The average molecular weight is 245 g/mol. The highest BCUT2D eigenvalue weighted by molar-refractivity contribution is 5.37. The summed E-state index contributed by atoms with van der Waals surface area (Å²) in [6.45, 7) is 5.27. The Morgan fingerprint density at radius 2 is 1.89 bits per heavy atom. The number of nitrogens with one attached hydrogen (secondary N) is 1. The van der Waals surface area contributed by atoms with Crippen molar-refractivity contribution in [2.75, 3.05) is 6.61 Å². The fraction of sp³-hybridized carbons (Fsp3) is 0.625. The fourth-order valence-corrected chi connectivity index (χ4v) is 3.07. The Hall–Kier alpha value is -1.02. The van der Waals surface area contributed by atoms with Crippen molar-refractivity contribution in [3.8, 4) is 5.75 Å². The summed E-state index contributed by atoms with van der Waals surface area (Å²) in [5.74, 6) is 2.75. The molecule has 1 aliphatic heterocycles. The van der Waals surface area contributed by atoms with Gasteiger partial charge in [-0.05, 0) is 47.9 Å². The van der Waals surface area contributed by atoms with Gasteiger partial charge in [0.25, 0.3) is 0 Å². The van der Waals surface area contributed by atoms with Gasteiger partial charge in [-0.25, -0.2) is 0 Å². The molecule has 0 bridgehead atoms. The van der Waals surface area contributed by atoms with Crippen LogP contribution in [0.4, 0.5) is 0 Å². The summed E-state index contributed by atoms with van der Waals surface area (Å²) in [6.07, 6.45) is 5.44. The Kier molecular flexibility index (Phi) is 3.55. The van der Waals surface area contributed by atoms with Gasteiger partial charge in [0.1, 0.15) is 5.75 Å². The zero-order chi connectivity index (χ0) is 12.4. The molecule has 2 nitrogen and oxygen atoms in total. The van der Waals surface area contributed by atoms with E-state index in [1.807, 2.05) is 0 Å². The second kappa shape index (κ2) is 5.31. The maximum atomic E-state index is 5.98. The van der Waals surface area contributed by atoms with Crippen LogP contribution in [0.1, 0.15) is 43.7 Å². The molecule has 18 heavy (non-hydrogen) atoms. The van der Waals surface area contributed by atoms with Crippen LogP contribution in [0, 0.1) is 11.8 Å². The predicted octanol–water partition coefficient (Wildman–Crippen LogP) is 3.49. The van der Waals surface area contributed by atoms with E-state index in [0.29, 0.717) is 0 Å². The number of hydrogen-bond acceptors (Lipinski definition) is 2. The number of hydrogen-bond donors (Lipinski definition) is 1. The zero-order valence-electron chi connectivity index (χ0n) is 11.2. The molecule has 1 aromatic rings. The summed E-state index contributed by atoms with van der Waals surface area (Å²) in [5, 5.41) is 3.37. The summed E-state index contributed by atoms with van der Waals surface area (Å²) < 4.78 is 5.98. The molecule has 0 aromatic heterocycles. The first-order valence-electron chi connectivity index (χ1n) is 7.26. The van der Waals surface area contributed by atoms with Gasteiger partial charge in [0.2, 0.25) is 0 Å². The first kappa shape index (κ1) is 12.0. The topological polar surface area (TPSA) is 21.3 Å². The van der Waals surface area contributed by atoms with Crippen LogP contribution in [0.5, 0.6) is 5.75 Å². The monoisotopic (exact) mass is 245 g/mol. The van der Waals surface area contributed by atoms with Crippen molar-refractivity contribution in [1.82, 2.24) is 5.32 Å². The minimum Gasteiger partial charge on any atom is -0.493 e. The molecule has 2 aliphatic rings. The van der Waals surface area contributed by atoms with E-state index < -0.39 is 0 Å². The van der Waals surface area contributed by atoms with Crippen LogP contribution in [0.3, 0.4) is 0 Å². The van der Waals surface area contributed by atoms with Crippen molar-refractivity contribution in [1.29, 1.82) is 0 Å². The second-order valence-electron chi connectivity index (χ2n) is 5.97. The van der Waals surface area contributed by atoms with Gasteiger partial charge in [0, 0.05) is 13.1 Å². The third-order valence-corrected chi connectivity index (χ3v) is 4.43. The third-order valence-electron chi connectivity index (χ3n) is 4.43. The van der Waals surface area contributed by atoms with Crippen LogP contribution in [0.15, 0.2) is 18.2 Å². The summed E-state index contributed by atoms with van der Waals surface area (Å²) in [5.41, 5.74) is 2.83. The lowest BCUT2D eigenvalue weighted by molar-refractivity contribution is 0.188. The van der Waals surface area contributed by atoms with Gasteiger partial charge >= 0.3 is 0 Å². The summed E-state index contributed by atoms with van der Waals surface area (Å²) in [7, 11) is 0. The number of fused-ring (bicyclic) bond motifs is 1. The summed E-state index contributed by atoms with van der Waals surface area (Å²) in [4.78, 5) is 0. The van der Waals surface area contributed by atoms with Crippen LogP contribution in [0.25, 0.3) is 0 Å². The van der Waals surface area contributed by atoms with Crippen LogP contribution in [-0.2, 0) is 13.1 Å². The first-order valence-corrected chi connectivity index (χ1v) is 7.26. The van der Waals surface area contributed by atoms with Crippen molar-refractivity contribution >= 4 is 0 Å². The van der Waals surface area contributed by atoms with E-state index in [1.54, 1.807) is 0 Å². The molecule has 0 radical (unpaired) electrons. The maximum Gasteiger partial charge on any atom is 0.119 e. The van der Waals surface area contributed by atoms with E-state index in [0.717, 1.165) is 37.3 Å². The molecule has 1 saturated carbocycles. The molecule has 1 fully saturated rings. The van der Waals surface area contributed by atoms with E-state index in [4.69, 9.17) is 4.74 Å². The Labute approximate surface area is 110 Å². The minimum absolute atomic E-state index is 0.771. The third kappa shape index (κ3) is 2.69. The number of rotatable bonds is 3. The van der Waals surface area contributed by atoms with Gasteiger partial charge < -0.3 is 10.1 Å².